The van der Waals surface area contributed by atoms with E-state index in [9.17, 15) is 24.6 Å². The van der Waals surface area contributed by atoms with Crippen molar-refractivity contribution in [3.8, 4) is 0 Å². The molecule has 3 saturated carbocycles. The standard InChI is InChI=1S/C28H32O6/c1-26-12-10-19(30)14-18(26)8-9-20-21-11-13-28(23(32)16-29,27(21,2)15-22(31)24(20)26)34-25(33)17-6-4-3-5-7-17/h3-7,10,12,14,20-22,24,29,31H,8-9,11,13,15-16H2,1-2H3/t20-,21-,22-,24+,26-,27-,28+/m0/s1. The fraction of sp³-hybridized carbons (Fsp3) is 0.536. The number of benzene rings is 1. The molecule has 0 heterocycles. The Hall–Kier alpha value is -2.57. The molecule has 0 aliphatic heterocycles. The summed E-state index contributed by atoms with van der Waals surface area (Å²) in [6.07, 6.45) is 7.39. The van der Waals surface area contributed by atoms with Crippen molar-refractivity contribution in [3.05, 3.63) is 59.7 Å². The van der Waals surface area contributed by atoms with E-state index in [-0.39, 0.29) is 30.0 Å². The highest BCUT2D eigenvalue weighted by Gasteiger charge is 2.70. The van der Waals surface area contributed by atoms with Gasteiger partial charge in [0, 0.05) is 16.7 Å². The monoisotopic (exact) mass is 464 g/mol. The van der Waals surface area contributed by atoms with Crippen LogP contribution < -0.4 is 0 Å². The van der Waals surface area contributed by atoms with Gasteiger partial charge in [-0.2, -0.15) is 0 Å². The number of esters is 1. The first-order valence-corrected chi connectivity index (χ1v) is 12.2. The van der Waals surface area contributed by atoms with E-state index in [4.69, 9.17) is 4.74 Å². The van der Waals surface area contributed by atoms with Gasteiger partial charge in [0.05, 0.1) is 11.7 Å². The lowest BCUT2D eigenvalue weighted by molar-refractivity contribution is -0.179. The quantitative estimate of drug-likeness (QED) is 0.662. The summed E-state index contributed by atoms with van der Waals surface area (Å²) in [5.74, 6) is -1.03. The Bertz CT molecular complexity index is 1090. The Morgan fingerprint density at radius 2 is 1.88 bits per heavy atom. The Morgan fingerprint density at radius 1 is 1.15 bits per heavy atom. The molecule has 180 valence electrons. The molecule has 1 aromatic rings. The lowest BCUT2D eigenvalue weighted by Gasteiger charge is -2.59. The second kappa shape index (κ2) is 7.99. The zero-order chi connectivity index (χ0) is 24.3. The number of ketones is 2. The molecule has 0 saturated heterocycles. The lowest BCUT2D eigenvalue weighted by atomic mass is 9.46. The molecular weight excluding hydrogens is 432 g/mol. The van der Waals surface area contributed by atoms with Crippen LogP contribution in [0.15, 0.2) is 54.1 Å². The number of aliphatic hydroxyl groups excluding tert-OH is 2. The number of ether oxygens (including phenoxy) is 1. The third-order valence-electron chi connectivity index (χ3n) is 9.49. The van der Waals surface area contributed by atoms with E-state index in [1.54, 1.807) is 42.5 Å². The molecule has 2 N–H and O–H groups in total. The lowest BCUT2D eigenvalue weighted by Crippen LogP contribution is -2.63. The van der Waals surface area contributed by atoms with E-state index < -0.39 is 40.9 Å². The number of aliphatic hydroxyl groups is 2. The van der Waals surface area contributed by atoms with Gasteiger partial charge in [0.15, 0.2) is 11.4 Å². The van der Waals surface area contributed by atoms with Gasteiger partial charge in [-0.25, -0.2) is 4.79 Å². The van der Waals surface area contributed by atoms with Crippen molar-refractivity contribution >= 4 is 17.5 Å². The van der Waals surface area contributed by atoms with Gasteiger partial charge in [0.25, 0.3) is 0 Å². The van der Waals surface area contributed by atoms with Crippen LogP contribution in [-0.2, 0) is 14.3 Å². The van der Waals surface area contributed by atoms with Crippen molar-refractivity contribution in [2.24, 2.45) is 28.6 Å². The molecule has 6 nitrogen and oxygen atoms in total. The summed E-state index contributed by atoms with van der Waals surface area (Å²) in [6.45, 7) is 3.33. The molecule has 0 aromatic heterocycles. The van der Waals surface area contributed by atoms with E-state index in [0.29, 0.717) is 18.4 Å². The summed E-state index contributed by atoms with van der Waals surface area (Å²) in [4.78, 5) is 38.4. The van der Waals surface area contributed by atoms with E-state index in [2.05, 4.69) is 6.92 Å². The van der Waals surface area contributed by atoms with Crippen LogP contribution in [0.3, 0.4) is 0 Å². The SMILES string of the molecule is C[C@]12C=CC(=O)C=C1CC[C@@H]1[C@@H]2[C@@H](O)C[C@@]2(C)[C@H]1CC[C@@]2(OC(=O)c1ccccc1)C(=O)CO. The van der Waals surface area contributed by atoms with Crippen molar-refractivity contribution in [2.75, 3.05) is 6.61 Å². The fourth-order valence-electron chi connectivity index (χ4n) is 7.92. The van der Waals surface area contributed by atoms with Crippen LogP contribution in [0.4, 0.5) is 0 Å². The molecular formula is C28H32O6. The van der Waals surface area contributed by atoms with Gasteiger partial charge in [0.1, 0.15) is 6.61 Å². The Balaban J connectivity index is 1.53. The molecule has 6 heteroatoms. The van der Waals surface area contributed by atoms with Crippen molar-refractivity contribution in [1.82, 2.24) is 0 Å². The van der Waals surface area contributed by atoms with Crippen molar-refractivity contribution < 1.29 is 29.3 Å². The minimum Gasteiger partial charge on any atom is -0.447 e. The minimum absolute atomic E-state index is 0.0117. The number of Topliss-reactive ketones (excluding diaryl/α,β-unsaturated/α-hetero) is 1. The zero-order valence-corrected chi connectivity index (χ0v) is 19.7. The van der Waals surface area contributed by atoms with Crippen LogP contribution in [0.5, 0.6) is 0 Å². The summed E-state index contributed by atoms with van der Waals surface area (Å²) in [7, 11) is 0. The molecule has 0 bridgehead atoms. The maximum atomic E-state index is 13.3. The number of carbonyl (C=O) groups is 3. The van der Waals surface area contributed by atoms with E-state index in [1.165, 1.54) is 0 Å². The van der Waals surface area contributed by atoms with Crippen LogP contribution in [0, 0.1) is 28.6 Å². The first-order valence-electron chi connectivity index (χ1n) is 12.2. The van der Waals surface area contributed by atoms with Crippen LogP contribution in [0.2, 0.25) is 0 Å². The summed E-state index contributed by atoms with van der Waals surface area (Å²) < 4.78 is 6.05. The average molecular weight is 465 g/mol. The molecule has 1 aromatic carbocycles. The molecule has 34 heavy (non-hydrogen) atoms. The van der Waals surface area contributed by atoms with Crippen LogP contribution in [0.1, 0.15) is 56.3 Å². The van der Waals surface area contributed by atoms with E-state index in [1.807, 2.05) is 13.0 Å². The largest absolute Gasteiger partial charge is 0.447 e. The van der Waals surface area contributed by atoms with Gasteiger partial charge in [-0.15, -0.1) is 0 Å². The minimum atomic E-state index is -1.49. The topological polar surface area (TPSA) is 101 Å². The summed E-state index contributed by atoms with van der Waals surface area (Å²) in [5, 5.41) is 21.5. The van der Waals surface area contributed by atoms with Crippen LogP contribution >= 0.6 is 0 Å². The van der Waals surface area contributed by atoms with Gasteiger partial charge in [0.2, 0.25) is 5.78 Å². The molecule has 3 fully saturated rings. The third kappa shape index (κ3) is 3.11. The molecule has 7 atom stereocenters. The highest BCUT2D eigenvalue weighted by Crippen LogP contribution is 2.67. The number of hydrogen-bond acceptors (Lipinski definition) is 6. The van der Waals surface area contributed by atoms with Crippen LogP contribution in [0.25, 0.3) is 0 Å². The van der Waals surface area contributed by atoms with Gasteiger partial charge >= 0.3 is 5.97 Å². The fourth-order valence-corrected chi connectivity index (χ4v) is 7.92. The molecule has 5 rings (SSSR count). The van der Waals surface area contributed by atoms with Gasteiger partial charge in [-0.3, -0.25) is 9.59 Å². The highest BCUT2D eigenvalue weighted by atomic mass is 16.6. The zero-order valence-electron chi connectivity index (χ0n) is 19.7. The van der Waals surface area contributed by atoms with Gasteiger partial charge in [-0.05, 0) is 68.2 Å². The summed E-state index contributed by atoms with van der Waals surface area (Å²) in [5.41, 5.74) is -1.28. The van der Waals surface area contributed by atoms with E-state index >= 15 is 0 Å². The number of allylic oxidation sites excluding steroid dienone is 4. The first-order chi connectivity index (χ1) is 16.2. The number of rotatable bonds is 4. The predicted molar refractivity (Wildman–Crippen MR) is 125 cm³/mol. The maximum Gasteiger partial charge on any atom is 0.339 e. The summed E-state index contributed by atoms with van der Waals surface area (Å²) in [6, 6.07) is 8.57. The van der Waals surface area contributed by atoms with Gasteiger partial charge in [-0.1, -0.05) is 43.7 Å². The van der Waals surface area contributed by atoms with E-state index in [0.717, 1.165) is 18.4 Å². The average Bonchev–Trinajstić information content (AvgIpc) is 3.11. The van der Waals surface area contributed by atoms with Crippen molar-refractivity contribution in [1.29, 1.82) is 0 Å². The molecule has 0 amide bonds. The second-order valence-corrected chi connectivity index (χ2v) is 10.9. The Morgan fingerprint density at radius 3 is 2.59 bits per heavy atom. The second-order valence-electron chi connectivity index (χ2n) is 10.9. The Labute approximate surface area is 199 Å². The molecule has 0 unspecified atom stereocenters. The molecule has 4 aliphatic carbocycles. The number of hydrogen-bond donors (Lipinski definition) is 2. The normalized spacial score (nSPS) is 40.6. The van der Waals surface area contributed by atoms with Crippen molar-refractivity contribution in [2.45, 2.75) is 57.7 Å². The smallest absolute Gasteiger partial charge is 0.339 e. The molecule has 0 spiro atoms. The third-order valence-corrected chi connectivity index (χ3v) is 9.49. The summed E-state index contributed by atoms with van der Waals surface area (Å²) >= 11 is 0. The van der Waals surface area contributed by atoms with Crippen molar-refractivity contribution in [3.63, 3.8) is 0 Å². The maximum absolute atomic E-state index is 13.3. The van der Waals surface area contributed by atoms with Crippen LogP contribution in [-0.4, -0.2) is 46.1 Å². The number of fused-ring (bicyclic) bond motifs is 5. The highest BCUT2D eigenvalue weighted by molar-refractivity contribution is 6.01. The Kier molecular flexibility index (Phi) is 5.45. The molecule has 4 aliphatic rings. The number of carbonyl (C=O) groups excluding carboxylic acids is 3. The van der Waals surface area contributed by atoms with Gasteiger partial charge < -0.3 is 14.9 Å². The first kappa shape index (κ1) is 23.2. The molecule has 0 radical (unpaired) electrons. The predicted octanol–water partition coefficient (Wildman–Crippen LogP) is 3.42.